The molecule has 0 aromatic carbocycles. The van der Waals surface area contributed by atoms with Crippen LogP contribution in [0, 0.1) is 0 Å². The molecule has 1 heterocycles. The van der Waals surface area contributed by atoms with Crippen LogP contribution in [0.25, 0.3) is 0 Å². The molecule has 3 atom stereocenters. The molecule has 0 aliphatic heterocycles. The number of amides is 1. The SMILES string of the molecule is NC(=O)c1ncc(NC2CCCCC2N)nc1NC(=S)CC(N)C=O. The van der Waals surface area contributed by atoms with E-state index in [-0.39, 0.29) is 35.0 Å². The highest BCUT2D eigenvalue weighted by atomic mass is 32.1. The number of nitrogens with zero attached hydrogens (tertiary/aromatic N) is 2. The zero-order valence-electron chi connectivity index (χ0n) is 13.8. The fourth-order valence-corrected chi connectivity index (χ4v) is 2.99. The molecule has 1 saturated carbocycles. The molecule has 9 nitrogen and oxygen atoms in total. The van der Waals surface area contributed by atoms with Crippen LogP contribution in [0.2, 0.25) is 0 Å². The zero-order valence-corrected chi connectivity index (χ0v) is 14.6. The largest absolute Gasteiger partial charge is 0.364 e. The number of thiocarbonyl (C=S) groups is 1. The normalized spacial score (nSPS) is 21.2. The lowest BCUT2D eigenvalue weighted by Crippen LogP contribution is -2.42. The van der Waals surface area contributed by atoms with E-state index in [1.165, 1.54) is 6.20 Å². The Hall–Kier alpha value is -2.17. The van der Waals surface area contributed by atoms with E-state index in [1.54, 1.807) is 0 Å². The first-order chi connectivity index (χ1) is 11.9. The number of nitrogens with two attached hydrogens (primary N) is 3. The highest BCUT2D eigenvalue weighted by molar-refractivity contribution is 7.80. The van der Waals surface area contributed by atoms with Gasteiger partial charge < -0.3 is 32.6 Å². The Kier molecular flexibility index (Phi) is 6.73. The molecule has 1 aromatic rings. The van der Waals surface area contributed by atoms with E-state index in [0.29, 0.717) is 12.1 Å². The Balaban J connectivity index is 2.16. The van der Waals surface area contributed by atoms with Crippen LogP contribution in [0.3, 0.4) is 0 Å². The van der Waals surface area contributed by atoms with Crippen LogP contribution in [0.1, 0.15) is 42.6 Å². The molecule has 2 rings (SSSR count). The lowest BCUT2D eigenvalue weighted by Gasteiger charge is -2.29. The van der Waals surface area contributed by atoms with Crippen LogP contribution in [-0.2, 0) is 4.79 Å². The van der Waals surface area contributed by atoms with Gasteiger partial charge in [-0.1, -0.05) is 25.1 Å². The minimum Gasteiger partial charge on any atom is -0.364 e. The van der Waals surface area contributed by atoms with Crippen molar-refractivity contribution in [2.75, 3.05) is 10.6 Å². The topological polar surface area (TPSA) is 162 Å². The lowest BCUT2D eigenvalue weighted by molar-refractivity contribution is -0.108. The second-order valence-electron chi connectivity index (χ2n) is 6.07. The number of primary amides is 1. The van der Waals surface area contributed by atoms with Crippen molar-refractivity contribution in [1.82, 2.24) is 9.97 Å². The minimum atomic E-state index is -0.738. The summed E-state index contributed by atoms with van der Waals surface area (Å²) in [6, 6.07) is -0.605. The van der Waals surface area contributed by atoms with Gasteiger partial charge in [0, 0.05) is 18.5 Å². The van der Waals surface area contributed by atoms with E-state index in [0.717, 1.165) is 25.7 Å². The zero-order chi connectivity index (χ0) is 18.4. The van der Waals surface area contributed by atoms with Gasteiger partial charge in [0.05, 0.1) is 17.2 Å². The van der Waals surface area contributed by atoms with Gasteiger partial charge in [0.2, 0.25) is 0 Å². The number of carbonyl (C=O) groups excluding carboxylic acids is 2. The summed E-state index contributed by atoms with van der Waals surface area (Å²) >= 11 is 5.14. The van der Waals surface area contributed by atoms with E-state index in [1.807, 2.05) is 0 Å². The number of rotatable bonds is 7. The van der Waals surface area contributed by atoms with E-state index in [4.69, 9.17) is 29.4 Å². The fourth-order valence-electron chi connectivity index (χ4n) is 2.70. The smallest absolute Gasteiger partial charge is 0.271 e. The number of hydrogen-bond donors (Lipinski definition) is 5. The molecule has 10 heteroatoms. The first-order valence-corrected chi connectivity index (χ1v) is 8.51. The predicted molar refractivity (Wildman–Crippen MR) is 99.3 cm³/mol. The van der Waals surface area contributed by atoms with E-state index >= 15 is 0 Å². The van der Waals surface area contributed by atoms with Crippen molar-refractivity contribution in [1.29, 1.82) is 0 Å². The molecular formula is C15H23N7O2S. The summed E-state index contributed by atoms with van der Waals surface area (Å²) in [5, 5.41) is 6.04. The Bertz CT molecular complexity index is 655. The number of aromatic nitrogens is 2. The van der Waals surface area contributed by atoms with Gasteiger partial charge >= 0.3 is 0 Å². The molecule has 3 unspecified atom stereocenters. The molecule has 1 aliphatic carbocycles. The van der Waals surface area contributed by atoms with Crippen LogP contribution in [-0.4, -0.2) is 45.3 Å². The van der Waals surface area contributed by atoms with Gasteiger partial charge in [-0.25, -0.2) is 9.97 Å². The van der Waals surface area contributed by atoms with Crippen molar-refractivity contribution in [2.24, 2.45) is 17.2 Å². The Morgan fingerprint density at radius 2 is 2.16 bits per heavy atom. The van der Waals surface area contributed by atoms with Crippen molar-refractivity contribution in [3.8, 4) is 0 Å². The lowest BCUT2D eigenvalue weighted by atomic mass is 9.91. The average Bonchev–Trinajstić information content (AvgIpc) is 2.56. The quantitative estimate of drug-likeness (QED) is 0.328. The second-order valence-corrected chi connectivity index (χ2v) is 6.56. The van der Waals surface area contributed by atoms with Crippen LogP contribution < -0.4 is 27.8 Å². The van der Waals surface area contributed by atoms with Gasteiger partial charge in [-0.3, -0.25) is 4.79 Å². The molecule has 1 aliphatic rings. The molecule has 0 bridgehead atoms. The monoisotopic (exact) mass is 365 g/mol. The number of hydrogen-bond acceptors (Lipinski definition) is 8. The van der Waals surface area contributed by atoms with Gasteiger partial charge in [0.25, 0.3) is 5.91 Å². The molecular weight excluding hydrogens is 342 g/mol. The summed E-state index contributed by atoms with van der Waals surface area (Å²) in [5.74, 6) is -0.138. The number of aldehydes is 1. The fraction of sp³-hybridized carbons (Fsp3) is 0.533. The minimum absolute atomic E-state index is 0.0365. The molecule has 136 valence electrons. The summed E-state index contributed by atoms with van der Waals surface area (Å²) in [7, 11) is 0. The van der Waals surface area contributed by atoms with Gasteiger partial charge in [-0.05, 0) is 12.8 Å². The maximum absolute atomic E-state index is 11.6. The molecule has 0 radical (unpaired) electrons. The van der Waals surface area contributed by atoms with Crippen LogP contribution in [0.5, 0.6) is 0 Å². The van der Waals surface area contributed by atoms with Crippen LogP contribution in [0.4, 0.5) is 11.6 Å². The van der Waals surface area contributed by atoms with Gasteiger partial charge in [-0.2, -0.15) is 0 Å². The highest BCUT2D eigenvalue weighted by Crippen LogP contribution is 2.21. The molecule has 8 N–H and O–H groups in total. The summed E-state index contributed by atoms with van der Waals surface area (Å²) in [4.78, 5) is 30.9. The second kappa shape index (κ2) is 8.79. The molecule has 1 amide bonds. The standard InChI is InChI=1S/C15H23N7O2S/c16-8(7-23)5-12(25)22-15-13(14(18)24)19-6-11(21-15)20-10-4-2-1-3-9(10)17/h6-10H,1-5,16-17H2,(H2,18,24)(H2,20,21,22,25). The molecule has 1 fully saturated rings. The number of carbonyl (C=O) groups is 2. The van der Waals surface area contributed by atoms with Crippen LogP contribution >= 0.6 is 12.2 Å². The predicted octanol–water partition coefficient (Wildman–Crippen LogP) is -0.0871. The maximum Gasteiger partial charge on any atom is 0.271 e. The summed E-state index contributed by atoms with van der Waals surface area (Å²) in [5.41, 5.74) is 17.0. The number of nitrogens with one attached hydrogen (secondary N) is 2. The Morgan fingerprint density at radius 1 is 1.44 bits per heavy atom. The van der Waals surface area contributed by atoms with Crippen molar-refractivity contribution in [2.45, 2.75) is 50.2 Å². The average molecular weight is 365 g/mol. The van der Waals surface area contributed by atoms with Crippen molar-refractivity contribution in [3.05, 3.63) is 11.9 Å². The molecule has 0 saturated heterocycles. The third-order valence-electron chi connectivity index (χ3n) is 4.01. The Labute approximate surface area is 151 Å². The van der Waals surface area contributed by atoms with Crippen LogP contribution in [0.15, 0.2) is 6.20 Å². The van der Waals surface area contributed by atoms with Crippen molar-refractivity contribution < 1.29 is 9.59 Å². The summed E-state index contributed by atoms with van der Waals surface area (Å²) in [6.07, 6.45) is 6.26. The molecule has 0 spiro atoms. The van der Waals surface area contributed by atoms with Crippen molar-refractivity contribution >= 4 is 41.0 Å². The third kappa shape index (κ3) is 5.41. The van der Waals surface area contributed by atoms with E-state index in [2.05, 4.69) is 20.6 Å². The van der Waals surface area contributed by atoms with Crippen molar-refractivity contribution in [3.63, 3.8) is 0 Å². The Morgan fingerprint density at radius 3 is 2.80 bits per heavy atom. The highest BCUT2D eigenvalue weighted by Gasteiger charge is 2.23. The maximum atomic E-state index is 11.6. The van der Waals surface area contributed by atoms with Gasteiger partial charge in [-0.15, -0.1) is 0 Å². The number of anilines is 2. The third-order valence-corrected chi connectivity index (χ3v) is 4.28. The molecule has 1 aromatic heterocycles. The van der Waals surface area contributed by atoms with Gasteiger partial charge in [0.1, 0.15) is 12.1 Å². The summed E-state index contributed by atoms with van der Waals surface area (Å²) < 4.78 is 0. The summed E-state index contributed by atoms with van der Waals surface area (Å²) in [6.45, 7) is 0. The van der Waals surface area contributed by atoms with E-state index < -0.39 is 11.9 Å². The molecule has 25 heavy (non-hydrogen) atoms. The first-order valence-electron chi connectivity index (χ1n) is 8.10. The van der Waals surface area contributed by atoms with Gasteiger partial charge in [0.15, 0.2) is 11.5 Å². The van der Waals surface area contributed by atoms with E-state index in [9.17, 15) is 9.59 Å². The first kappa shape index (κ1) is 19.2.